The maximum atomic E-state index is 13.7. The number of hydrogen-bond acceptors (Lipinski definition) is 2. The molecule has 3 atom stereocenters. The van der Waals surface area contributed by atoms with Crippen LogP contribution in [-0.4, -0.2) is 35.5 Å². The van der Waals surface area contributed by atoms with Crippen LogP contribution in [0.5, 0.6) is 0 Å². The SMILES string of the molecule is O=C(NCc1cccc(F)c1)N1[C@H]2CC[C@H]1[C@]1(CCCN(c3ccccc3)C1=O)C2. The Hall–Kier alpha value is -2.89. The van der Waals surface area contributed by atoms with Crippen LogP contribution in [0.1, 0.15) is 37.7 Å². The van der Waals surface area contributed by atoms with Gasteiger partial charge in [0.15, 0.2) is 0 Å². The van der Waals surface area contributed by atoms with Gasteiger partial charge in [0.1, 0.15) is 5.82 Å². The van der Waals surface area contributed by atoms with Crippen LogP contribution in [0.3, 0.4) is 0 Å². The summed E-state index contributed by atoms with van der Waals surface area (Å²) < 4.78 is 13.4. The predicted octanol–water partition coefficient (Wildman–Crippen LogP) is 4.09. The van der Waals surface area contributed by atoms with Gasteiger partial charge in [-0.1, -0.05) is 30.3 Å². The van der Waals surface area contributed by atoms with E-state index in [2.05, 4.69) is 5.32 Å². The van der Waals surface area contributed by atoms with Crippen molar-refractivity contribution in [3.63, 3.8) is 0 Å². The van der Waals surface area contributed by atoms with Gasteiger partial charge in [-0.2, -0.15) is 0 Å². The molecule has 3 amide bonds. The summed E-state index contributed by atoms with van der Waals surface area (Å²) in [5, 5.41) is 2.94. The molecule has 30 heavy (non-hydrogen) atoms. The molecular formula is C24H26FN3O2. The fourth-order valence-corrected chi connectivity index (χ4v) is 5.79. The van der Waals surface area contributed by atoms with Gasteiger partial charge in [-0.05, 0) is 61.9 Å². The Morgan fingerprint density at radius 3 is 2.77 bits per heavy atom. The van der Waals surface area contributed by atoms with Gasteiger partial charge in [0.25, 0.3) is 0 Å². The summed E-state index contributed by atoms with van der Waals surface area (Å²) in [6, 6.07) is 16.0. The summed E-state index contributed by atoms with van der Waals surface area (Å²) in [5.41, 5.74) is 1.19. The highest BCUT2D eigenvalue weighted by molar-refractivity contribution is 6.00. The van der Waals surface area contributed by atoms with E-state index >= 15 is 0 Å². The molecule has 3 aliphatic heterocycles. The Morgan fingerprint density at radius 1 is 1.13 bits per heavy atom. The third-order valence-electron chi connectivity index (χ3n) is 7.05. The minimum absolute atomic E-state index is 0.0611. The average molecular weight is 407 g/mol. The Kier molecular flexibility index (Phi) is 4.72. The molecule has 0 unspecified atom stereocenters. The van der Waals surface area contributed by atoms with E-state index in [0.717, 1.165) is 49.9 Å². The van der Waals surface area contributed by atoms with Crippen LogP contribution in [0.2, 0.25) is 0 Å². The highest BCUT2D eigenvalue weighted by atomic mass is 19.1. The molecule has 3 heterocycles. The first-order valence-electron chi connectivity index (χ1n) is 10.8. The maximum Gasteiger partial charge on any atom is 0.318 e. The van der Waals surface area contributed by atoms with Crippen LogP contribution in [0, 0.1) is 11.2 Å². The van der Waals surface area contributed by atoms with Crippen LogP contribution >= 0.6 is 0 Å². The van der Waals surface area contributed by atoms with E-state index in [1.54, 1.807) is 12.1 Å². The molecule has 5 rings (SSSR count). The summed E-state index contributed by atoms with van der Waals surface area (Å²) in [5.74, 6) is -0.147. The summed E-state index contributed by atoms with van der Waals surface area (Å²) in [6.07, 6.45) is 4.34. The number of amides is 3. The van der Waals surface area contributed by atoms with Crippen molar-refractivity contribution in [1.29, 1.82) is 0 Å². The summed E-state index contributed by atoms with van der Waals surface area (Å²) >= 11 is 0. The fourth-order valence-electron chi connectivity index (χ4n) is 5.79. The largest absolute Gasteiger partial charge is 0.334 e. The molecule has 156 valence electrons. The minimum Gasteiger partial charge on any atom is -0.334 e. The first kappa shape index (κ1) is 19.1. The molecule has 3 aliphatic rings. The van der Waals surface area contributed by atoms with Crippen molar-refractivity contribution < 1.29 is 14.0 Å². The van der Waals surface area contributed by atoms with E-state index in [1.165, 1.54) is 12.1 Å². The van der Waals surface area contributed by atoms with E-state index in [4.69, 9.17) is 0 Å². The van der Waals surface area contributed by atoms with Crippen LogP contribution in [0.4, 0.5) is 14.9 Å². The number of benzene rings is 2. The van der Waals surface area contributed by atoms with Crippen molar-refractivity contribution in [2.75, 3.05) is 11.4 Å². The molecule has 2 aromatic rings. The van der Waals surface area contributed by atoms with Gasteiger partial charge in [0, 0.05) is 30.9 Å². The second-order valence-corrected chi connectivity index (χ2v) is 8.70. The molecule has 0 aliphatic carbocycles. The van der Waals surface area contributed by atoms with Crippen molar-refractivity contribution >= 4 is 17.6 Å². The Morgan fingerprint density at radius 2 is 1.97 bits per heavy atom. The smallest absolute Gasteiger partial charge is 0.318 e. The third kappa shape index (κ3) is 3.06. The first-order valence-corrected chi connectivity index (χ1v) is 10.8. The molecule has 1 spiro atoms. The summed E-state index contributed by atoms with van der Waals surface area (Å²) in [4.78, 5) is 30.5. The number of hydrogen-bond donors (Lipinski definition) is 1. The van der Waals surface area contributed by atoms with Crippen molar-refractivity contribution in [3.8, 4) is 0 Å². The van der Waals surface area contributed by atoms with Gasteiger partial charge < -0.3 is 15.1 Å². The number of fused-ring (bicyclic) bond motifs is 3. The number of para-hydroxylation sites is 1. The molecule has 0 aromatic heterocycles. The van der Waals surface area contributed by atoms with Gasteiger partial charge in [0.2, 0.25) is 5.91 Å². The zero-order chi connectivity index (χ0) is 20.7. The highest BCUT2D eigenvalue weighted by Crippen LogP contribution is 2.54. The lowest BCUT2D eigenvalue weighted by molar-refractivity contribution is -0.132. The lowest BCUT2D eigenvalue weighted by Crippen LogP contribution is -2.55. The molecule has 5 nitrogen and oxygen atoms in total. The van der Waals surface area contributed by atoms with Gasteiger partial charge >= 0.3 is 6.03 Å². The number of piperidine rings is 1. The average Bonchev–Trinajstić information content (AvgIpc) is 3.31. The van der Waals surface area contributed by atoms with Crippen LogP contribution < -0.4 is 10.2 Å². The quantitative estimate of drug-likeness (QED) is 0.833. The molecule has 1 N–H and O–H groups in total. The third-order valence-corrected chi connectivity index (χ3v) is 7.05. The van der Waals surface area contributed by atoms with Gasteiger partial charge in [-0.25, -0.2) is 9.18 Å². The Bertz CT molecular complexity index is 966. The number of nitrogens with zero attached hydrogens (tertiary/aromatic N) is 2. The van der Waals surface area contributed by atoms with E-state index < -0.39 is 5.41 Å². The standard InChI is InChI=1S/C24H26FN3O2/c25-18-7-4-6-17(14-18)16-26-23(30)28-20-10-11-21(28)24(15-20)12-5-13-27(22(24)29)19-8-2-1-3-9-19/h1-4,6-9,14,20-21H,5,10-13,15-16H2,(H,26,30)/t20-,21-,24-/m0/s1. The van der Waals surface area contributed by atoms with Gasteiger partial charge in [-0.3, -0.25) is 4.79 Å². The van der Waals surface area contributed by atoms with Gasteiger partial charge in [0.05, 0.1) is 5.41 Å². The maximum absolute atomic E-state index is 13.7. The van der Waals surface area contributed by atoms with Crippen LogP contribution in [0.25, 0.3) is 0 Å². The topological polar surface area (TPSA) is 52.7 Å². The molecule has 2 aromatic carbocycles. The number of carbonyl (C=O) groups is 2. The molecule has 2 bridgehead atoms. The van der Waals surface area contributed by atoms with Crippen molar-refractivity contribution in [2.45, 2.75) is 50.7 Å². The highest BCUT2D eigenvalue weighted by Gasteiger charge is 2.62. The van der Waals surface area contributed by atoms with E-state index in [-0.39, 0.29) is 36.4 Å². The van der Waals surface area contributed by atoms with E-state index in [0.29, 0.717) is 0 Å². The van der Waals surface area contributed by atoms with Crippen molar-refractivity contribution in [3.05, 3.63) is 66.0 Å². The van der Waals surface area contributed by atoms with E-state index in [1.807, 2.05) is 40.1 Å². The number of nitrogens with one attached hydrogen (secondary N) is 1. The fraction of sp³-hybridized carbons (Fsp3) is 0.417. The van der Waals surface area contributed by atoms with Gasteiger partial charge in [-0.15, -0.1) is 0 Å². The molecule has 0 radical (unpaired) electrons. The zero-order valence-electron chi connectivity index (χ0n) is 16.9. The first-order chi connectivity index (χ1) is 14.6. The second-order valence-electron chi connectivity index (χ2n) is 8.70. The van der Waals surface area contributed by atoms with Crippen LogP contribution in [-0.2, 0) is 11.3 Å². The summed E-state index contributed by atoms with van der Waals surface area (Å²) in [7, 11) is 0. The zero-order valence-corrected chi connectivity index (χ0v) is 16.9. The number of anilines is 1. The Labute approximate surface area is 175 Å². The number of urea groups is 1. The molecule has 3 saturated heterocycles. The summed E-state index contributed by atoms with van der Waals surface area (Å²) in [6.45, 7) is 1.01. The molecular weight excluding hydrogens is 381 g/mol. The van der Waals surface area contributed by atoms with Crippen molar-refractivity contribution in [2.24, 2.45) is 5.41 Å². The van der Waals surface area contributed by atoms with E-state index in [9.17, 15) is 14.0 Å². The normalized spacial score (nSPS) is 27.7. The van der Waals surface area contributed by atoms with Crippen molar-refractivity contribution in [1.82, 2.24) is 10.2 Å². The monoisotopic (exact) mass is 407 g/mol. The molecule has 6 heteroatoms. The number of halogens is 1. The lowest BCUT2D eigenvalue weighted by atomic mass is 9.68. The molecule has 0 saturated carbocycles. The predicted molar refractivity (Wildman–Crippen MR) is 112 cm³/mol. The number of rotatable bonds is 3. The number of carbonyl (C=O) groups excluding carboxylic acids is 2. The Balaban J connectivity index is 1.34. The second kappa shape index (κ2) is 7.42. The lowest BCUT2D eigenvalue weighted by Gasteiger charge is -2.43. The minimum atomic E-state index is -0.479. The van der Waals surface area contributed by atoms with Crippen LogP contribution in [0.15, 0.2) is 54.6 Å². The molecule has 3 fully saturated rings.